The first-order valence-electron chi connectivity index (χ1n) is 9.08. The molecular weight excluding hydrogens is 424 g/mol. The number of tetrazole rings is 1. The molecule has 4 aromatic rings. The number of H-pyrrole nitrogens is 1. The lowest BCUT2D eigenvalue weighted by molar-refractivity contribution is -0.141. The summed E-state index contributed by atoms with van der Waals surface area (Å²) in [5.41, 5.74) is 1.77. The fourth-order valence-electron chi connectivity index (χ4n) is 3.04. The van der Waals surface area contributed by atoms with Gasteiger partial charge in [0.15, 0.2) is 0 Å². The first-order chi connectivity index (χ1) is 14.6. The Hall–Kier alpha value is -3.18. The Bertz CT molecular complexity index is 1150. The maximum absolute atomic E-state index is 12.4. The van der Waals surface area contributed by atoms with Gasteiger partial charge in [-0.3, -0.25) is 4.79 Å². The molecule has 0 aliphatic carbocycles. The van der Waals surface area contributed by atoms with E-state index in [0.29, 0.717) is 11.7 Å². The number of rotatable bonds is 9. The van der Waals surface area contributed by atoms with E-state index in [1.165, 1.54) is 11.8 Å². The van der Waals surface area contributed by atoms with Crippen LogP contribution >= 0.6 is 23.1 Å². The number of aliphatic carboxylic acids is 1. The second-order valence-electron chi connectivity index (χ2n) is 6.51. The third kappa shape index (κ3) is 4.69. The highest BCUT2D eigenvalue weighted by atomic mass is 32.2. The lowest BCUT2D eigenvalue weighted by atomic mass is 10.1. The first kappa shape index (κ1) is 20.1. The van der Waals surface area contributed by atoms with Crippen molar-refractivity contribution in [1.29, 1.82) is 0 Å². The van der Waals surface area contributed by atoms with Crippen LogP contribution in [0.1, 0.15) is 10.4 Å². The summed E-state index contributed by atoms with van der Waals surface area (Å²) in [6.07, 6.45) is 1.96. The second-order valence-corrected chi connectivity index (χ2v) is 8.48. The summed E-state index contributed by atoms with van der Waals surface area (Å²) < 4.78 is 1.62. The molecule has 0 unspecified atom stereocenters. The number of benzene rings is 1. The number of aromatic amines is 1. The molecule has 154 valence electrons. The lowest BCUT2D eigenvalue weighted by Crippen LogP contribution is -2.43. The van der Waals surface area contributed by atoms with Crippen LogP contribution < -0.4 is 5.32 Å². The van der Waals surface area contributed by atoms with E-state index in [4.69, 9.17) is 0 Å². The zero-order chi connectivity index (χ0) is 20.9. The number of carbonyl (C=O) groups is 2. The molecule has 1 atom stereocenters. The average Bonchev–Trinajstić information content (AvgIpc) is 3.48. The van der Waals surface area contributed by atoms with Crippen molar-refractivity contribution < 1.29 is 14.7 Å². The standard InChI is InChI=1S/C19H18N6O3S2/c26-17(11-30-19-22-23-24-25(19)10-13-4-3-7-29-13)21-16(18(27)28)8-12-9-20-15-6-2-1-5-14(12)15/h1-7,9,16,20H,8,10-11H2,(H,21,26)(H,27,28)/t16-/m1/s1. The van der Waals surface area contributed by atoms with E-state index in [1.54, 1.807) is 22.2 Å². The van der Waals surface area contributed by atoms with E-state index in [2.05, 4.69) is 25.8 Å². The van der Waals surface area contributed by atoms with Crippen molar-refractivity contribution in [2.24, 2.45) is 0 Å². The van der Waals surface area contributed by atoms with Crippen LogP contribution in [0.2, 0.25) is 0 Å². The maximum Gasteiger partial charge on any atom is 0.326 e. The van der Waals surface area contributed by atoms with Gasteiger partial charge in [-0.15, -0.1) is 16.4 Å². The van der Waals surface area contributed by atoms with Gasteiger partial charge in [0.1, 0.15) is 6.04 Å². The van der Waals surface area contributed by atoms with Crippen molar-refractivity contribution in [2.75, 3.05) is 5.75 Å². The Morgan fingerprint density at radius 3 is 2.93 bits per heavy atom. The highest BCUT2D eigenvalue weighted by Gasteiger charge is 2.22. The van der Waals surface area contributed by atoms with Crippen LogP contribution in [0, 0.1) is 0 Å². The van der Waals surface area contributed by atoms with Crippen LogP contribution in [-0.4, -0.2) is 54.0 Å². The Labute approximate surface area is 179 Å². The molecule has 3 heterocycles. The minimum Gasteiger partial charge on any atom is -0.480 e. The fraction of sp³-hybridized carbons (Fsp3) is 0.211. The predicted octanol–water partition coefficient (Wildman–Crippen LogP) is 2.17. The van der Waals surface area contributed by atoms with Gasteiger partial charge in [-0.25, -0.2) is 9.48 Å². The van der Waals surface area contributed by atoms with Crippen LogP contribution in [0.15, 0.2) is 53.1 Å². The highest BCUT2D eigenvalue weighted by Crippen LogP contribution is 2.20. The van der Waals surface area contributed by atoms with Crippen molar-refractivity contribution in [3.8, 4) is 0 Å². The van der Waals surface area contributed by atoms with Gasteiger partial charge in [0.2, 0.25) is 11.1 Å². The number of fused-ring (bicyclic) bond motifs is 1. The molecule has 0 spiro atoms. The minimum absolute atomic E-state index is 0.0163. The number of carbonyl (C=O) groups excluding carboxylic acids is 1. The normalized spacial score (nSPS) is 12.1. The molecule has 0 aliphatic heterocycles. The van der Waals surface area contributed by atoms with Crippen molar-refractivity contribution in [2.45, 2.75) is 24.2 Å². The van der Waals surface area contributed by atoms with Crippen LogP contribution in [0.3, 0.4) is 0 Å². The SMILES string of the molecule is O=C(CSc1nnnn1Cc1cccs1)N[C@H](Cc1c[nH]c2ccccc12)C(=O)O. The molecule has 0 saturated heterocycles. The zero-order valence-electron chi connectivity index (χ0n) is 15.7. The number of para-hydroxylation sites is 1. The number of hydrogen-bond donors (Lipinski definition) is 3. The Morgan fingerprint density at radius 1 is 1.27 bits per heavy atom. The van der Waals surface area contributed by atoms with Crippen LogP contribution in [0.4, 0.5) is 0 Å². The van der Waals surface area contributed by atoms with Crippen LogP contribution in [-0.2, 0) is 22.6 Å². The summed E-state index contributed by atoms with van der Waals surface area (Å²) in [5, 5.41) is 27.1. The van der Waals surface area contributed by atoms with Gasteiger partial charge in [0.05, 0.1) is 12.3 Å². The average molecular weight is 443 g/mol. The van der Waals surface area contributed by atoms with Gasteiger partial charge in [0, 0.05) is 28.4 Å². The Morgan fingerprint density at radius 2 is 2.13 bits per heavy atom. The number of hydrogen-bond acceptors (Lipinski definition) is 7. The number of thioether (sulfide) groups is 1. The largest absolute Gasteiger partial charge is 0.480 e. The Kier molecular flexibility index (Phi) is 6.10. The molecular formula is C19H18N6O3S2. The molecule has 0 radical (unpaired) electrons. The van der Waals surface area contributed by atoms with Gasteiger partial charge in [0.25, 0.3) is 0 Å². The van der Waals surface area contributed by atoms with Crippen molar-refractivity contribution in [3.05, 3.63) is 58.4 Å². The predicted molar refractivity (Wildman–Crippen MR) is 114 cm³/mol. The highest BCUT2D eigenvalue weighted by molar-refractivity contribution is 7.99. The van der Waals surface area contributed by atoms with Crippen molar-refractivity contribution >= 4 is 45.9 Å². The molecule has 1 amide bonds. The van der Waals surface area contributed by atoms with Gasteiger partial charge >= 0.3 is 5.97 Å². The molecule has 9 nitrogen and oxygen atoms in total. The van der Waals surface area contributed by atoms with E-state index in [1.807, 2.05) is 41.8 Å². The van der Waals surface area contributed by atoms with Gasteiger partial charge in [-0.1, -0.05) is 36.0 Å². The summed E-state index contributed by atoms with van der Waals surface area (Å²) in [5.74, 6) is -1.46. The molecule has 3 N–H and O–H groups in total. The van der Waals surface area contributed by atoms with Gasteiger partial charge in [-0.2, -0.15) is 0 Å². The smallest absolute Gasteiger partial charge is 0.326 e. The molecule has 1 aromatic carbocycles. The van der Waals surface area contributed by atoms with E-state index in [0.717, 1.165) is 21.3 Å². The topological polar surface area (TPSA) is 126 Å². The molecule has 11 heteroatoms. The number of carboxylic acids is 1. The second kappa shape index (κ2) is 9.09. The zero-order valence-corrected chi connectivity index (χ0v) is 17.3. The van der Waals surface area contributed by atoms with E-state index < -0.39 is 17.9 Å². The molecule has 4 rings (SSSR count). The summed E-state index contributed by atoms with van der Waals surface area (Å²) in [4.78, 5) is 28.3. The number of aromatic nitrogens is 5. The summed E-state index contributed by atoms with van der Waals surface area (Å²) in [6, 6.07) is 10.5. The molecule has 0 bridgehead atoms. The summed E-state index contributed by atoms with van der Waals surface area (Å²) in [7, 11) is 0. The Balaban J connectivity index is 1.36. The molecule has 0 fully saturated rings. The van der Waals surface area contributed by atoms with Gasteiger partial charge < -0.3 is 15.4 Å². The van der Waals surface area contributed by atoms with Crippen LogP contribution in [0.5, 0.6) is 0 Å². The van der Waals surface area contributed by atoms with Crippen molar-refractivity contribution in [3.63, 3.8) is 0 Å². The van der Waals surface area contributed by atoms with Crippen LogP contribution in [0.25, 0.3) is 10.9 Å². The summed E-state index contributed by atoms with van der Waals surface area (Å²) >= 11 is 2.76. The number of amides is 1. The third-order valence-corrected chi connectivity index (χ3v) is 6.27. The fourth-order valence-corrected chi connectivity index (χ4v) is 4.41. The van der Waals surface area contributed by atoms with E-state index >= 15 is 0 Å². The molecule has 0 aliphatic rings. The number of thiophene rings is 1. The third-order valence-electron chi connectivity index (χ3n) is 4.45. The van der Waals surface area contributed by atoms with E-state index in [9.17, 15) is 14.7 Å². The number of nitrogens with one attached hydrogen (secondary N) is 2. The summed E-state index contributed by atoms with van der Waals surface area (Å²) in [6.45, 7) is 0.521. The molecule has 30 heavy (non-hydrogen) atoms. The minimum atomic E-state index is -1.08. The quantitative estimate of drug-likeness (QED) is 0.339. The number of nitrogens with zero attached hydrogens (tertiary/aromatic N) is 4. The van der Waals surface area contributed by atoms with Crippen molar-refractivity contribution in [1.82, 2.24) is 30.5 Å². The maximum atomic E-state index is 12.4. The van der Waals surface area contributed by atoms with Gasteiger partial charge in [-0.05, 0) is 33.5 Å². The lowest BCUT2D eigenvalue weighted by Gasteiger charge is -2.14. The first-order valence-corrected chi connectivity index (χ1v) is 10.9. The number of carboxylic acid groups (broad SMARTS) is 1. The molecule has 0 saturated carbocycles. The monoisotopic (exact) mass is 442 g/mol. The van der Waals surface area contributed by atoms with E-state index in [-0.39, 0.29) is 12.2 Å². The molecule has 3 aromatic heterocycles.